The van der Waals surface area contributed by atoms with Crippen molar-refractivity contribution in [1.29, 1.82) is 0 Å². The average molecular weight is 474 g/mol. The molecule has 4 aromatic rings. The molecule has 1 atom stereocenters. The zero-order chi connectivity index (χ0) is 24.3. The number of alkyl halides is 3. The van der Waals surface area contributed by atoms with Gasteiger partial charge in [0.2, 0.25) is 11.8 Å². The maximum absolute atomic E-state index is 13.4. The van der Waals surface area contributed by atoms with E-state index in [1.165, 1.54) is 48.8 Å². The molecule has 3 aromatic heterocycles. The van der Waals surface area contributed by atoms with E-state index in [-0.39, 0.29) is 41.0 Å². The third-order valence-electron chi connectivity index (χ3n) is 4.59. The van der Waals surface area contributed by atoms with Gasteiger partial charge in [0, 0.05) is 17.8 Å². The molecule has 10 nitrogen and oxygen atoms in total. The molecule has 13 heteroatoms. The average Bonchev–Trinajstić information content (AvgIpc) is 3.25. The predicted octanol–water partition coefficient (Wildman–Crippen LogP) is 2.19. The van der Waals surface area contributed by atoms with Gasteiger partial charge in [0.05, 0.1) is 24.1 Å². The maximum atomic E-state index is 13.4. The van der Waals surface area contributed by atoms with E-state index < -0.39 is 30.4 Å². The summed E-state index contributed by atoms with van der Waals surface area (Å²) in [7, 11) is 0. The fourth-order valence-corrected chi connectivity index (χ4v) is 3.01. The van der Waals surface area contributed by atoms with E-state index in [0.29, 0.717) is 0 Å². The zero-order valence-corrected chi connectivity index (χ0v) is 17.3. The molecule has 0 bridgehead atoms. The highest BCUT2D eigenvalue weighted by Crippen LogP contribution is 2.36. The Morgan fingerprint density at radius 3 is 2.71 bits per heavy atom. The summed E-state index contributed by atoms with van der Waals surface area (Å²) in [6, 6.07) is 9.21. The lowest BCUT2D eigenvalue weighted by atomic mass is 10.0. The molecule has 1 amide bonds. The lowest BCUT2D eigenvalue weighted by molar-refractivity contribution is -0.137. The van der Waals surface area contributed by atoms with Crippen molar-refractivity contribution in [1.82, 2.24) is 24.6 Å². The molecule has 0 saturated heterocycles. The summed E-state index contributed by atoms with van der Waals surface area (Å²) in [4.78, 5) is 24.8. The van der Waals surface area contributed by atoms with Gasteiger partial charge in [-0.2, -0.15) is 23.3 Å². The summed E-state index contributed by atoms with van der Waals surface area (Å²) in [5, 5.41) is 24.8. The predicted molar refractivity (Wildman–Crippen MR) is 112 cm³/mol. The Morgan fingerprint density at radius 2 is 1.94 bits per heavy atom. The number of aromatic nitrogens is 5. The van der Waals surface area contributed by atoms with Gasteiger partial charge >= 0.3 is 6.18 Å². The van der Waals surface area contributed by atoms with Crippen LogP contribution >= 0.6 is 0 Å². The lowest BCUT2D eigenvalue weighted by Gasteiger charge is -2.12. The largest absolute Gasteiger partial charge is 0.475 e. The second-order valence-corrected chi connectivity index (χ2v) is 7.00. The minimum Gasteiger partial charge on any atom is -0.475 e. The van der Waals surface area contributed by atoms with Gasteiger partial charge in [-0.15, -0.1) is 0 Å². The van der Waals surface area contributed by atoms with Gasteiger partial charge in [-0.3, -0.25) is 10.1 Å². The van der Waals surface area contributed by atoms with Crippen molar-refractivity contribution in [3.63, 3.8) is 0 Å². The van der Waals surface area contributed by atoms with Crippen LogP contribution in [0.25, 0.3) is 16.9 Å². The normalized spacial score (nSPS) is 12.5. The lowest BCUT2D eigenvalue weighted by Crippen LogP contribution is -2.22. The van der Waals surface area contributed by atoms with E-state index >= 15 is 0 Å². The molecule has 0 spiro atoms. The van der Waals surface area contributed by atoms with Crippen LogP contribution in [0.5, 0.6) is 5.88 Å². The van der Waals surface area contributed by atoms with E-state index in [4.69, 9.17) is 9.84 Å². The number of halogens is 3. The quantitative estimate of drug-likeness (QED) is 0.371. The number of aliphatic hydroxyl groups excluding tert-OH is 2. The van der Waals surface area contributed by atoms with Crippen LogP contribution in [0.3, 0.4) is 0 Å². The van der Waals surface area contributed by atoms with E-state index in [1.54, 1.807) is 0 Å². The number of nitrogens with zero attached hydrogens (tertiary/aromatic N) is 5. The van der Waals surface area contributed by atoms with Crippen LogP contribution in [0.4, 0.5) is 19.1 Å². The fourth-order valence-electron chi connectivity index (χ4n) is 3.01. The SMILES string of the molecule is O=C(Nc1nccc(OCC(O)CO)n1)c1cnc2ccc(-c3ccccc3C(F)(F)F)nn12. The number of amides is 1. The molecular formula is C21H17F3N6O4. The van der Waals surface area contributed by atoms with Crippen molar-refractivity contribution in [3.05, 3.63) is 66.1 Å². The highest BCUT2D eigenvalue weighted by Gasteiger charge is 2.33. The molecule has 34 heavy (non-hydrogen) atoms. The van der Waals surface area contributed by atoms with Crippen LogP contribution in [0.1, 0.15) is 16.1 Å². The van der Waals surface area contributed by atoms with Crippen LogP contribution < -0.4 is 10.1 Å². The smallest absolute Gasteiger partial charge is 0.417 e. The van der Waals surface area contributed by atoms with Gasteiger partial charge in [-0.1, -0.05) is 18.2 Å². The van der Waals surface area contributed by atoms with Crippen molar-refractivity contribution < 1.29 is 32.9 Å². The van der Waals surface area contributed by atoms with Crippen LogP contribution in [-0.4, -0.2) is 60.0 Å². The second-order valence-electron chi connectivity index (χ2n) is 7.00. The van der Waals surface area contributed by atoms with Gasteiger partial charge in [-0.25, -0.2) is 14.5 Å². The highest BCUT2D eigenvalue weighted by molar-refractivity contribution is 6.02. The van der Waals surface area contributed by atoms with Crippen molar-refractivity contribution in [2.24, 2.45) is 0 Å². The van der Waals surface area contributed by atoms with Crippen LogP contribution in [0, 0.1) is 0 Å². The molecule has 0 saturated carbocycles. The summed E-state index contributed by atoms with van der Waals surface area (Å²) < 4.78 is 46.6. The maximum Gasteiger partial charge on any atom is 0.417 e. The molecule has 0 fully saturated rings. The summed E-state index contributed by atoms with van der Waals surface area (Å²) in [6.07, 6.45) is -3.16. The minimum atomic E-state index is -4.58. The first-order valence-electron chi connectivity index (χ1n) is 9.84. The molecule has 3 N–H and O–H groups in total. The van der Waals surface area contributed by atoms with Crippen LogP contribution in [0.2, 0.25) is 0 Å². The molecule has 0 aliphatic carbocycles. The van der Waals surface area contributed by atoms with Crippen molar-refractivity contribution in [3.8, 4) is 17.1 Å². The Hall–Kier alpha value is -4.10. The molecule has 4 rings (SSSR count). The summed E-state index contributed by atoms with van der Waals surface area (Å²) in [5.41, 5.74) is -0.817. The number of hydrogen-bond acceptors (Lipinski definition) is 8. The first kappa shape index (κ1) is 23.1. The van der Waals surface area contributed by atoms with E-state index in [1.807, 2.05) is 0 Å². The zero-order valence-electron chi connectivity index (χ0n) is 17.3. The topological polar surface area (TPSA) is 135 Å². The number of ether oxygens (including phenoxy) is 1. The second kappa shape index (κ2) is 9.41. The monoisotopic (exact) mass is 474 g/mol. The Bertz CT molecular complexity index is 1330. The van der Waals surface area contributed by atoms with E-state index in [9.17, 15) is 23.1 Å². The molecule has 0 aliphatic heterocycles. The van der Waals surface area contributed by atoms with Gasteiger partial charge < -0.3 is 14.9 Å². The number of hydrogen-bond donors (Lipinski definition) is 3. The van der Waals surface area contributed by atoms with Crippen molar-refractivity contribution in [2.75, 3.05) is 18.5 Å². The summed E-state index contributed by atoms with van der Waals surface area (Å²) in [6.45, 7) is -0.717. The first-order valence-corrected chi connectivity index (χ1v) is 9.84. The molecule has 0 radical (unpaired) electrons. The fraction of sp³-hybridized carbons (Fsp3) is 0.190. The standard InChI is InChI=1S/C21H17F3N6O4/c22-21(23,24)14-4-2-1-3-13(14)15-5-6-17-26-9-16(30(17)29-15)19(33)28-20-25-8-7-18(27-20)34-11-12(32)10-31/h1-9,12,31-32H,10-11H2,(H,25,27,28,33). The van der Waals surface area contributed by atoms with Crippen molar-refractivity contribution >= 4 is 17.5 Å². The Labute approximate surface area is 189 Å². The Balaban J connectivity index is 1.61. The minimum absolute atomic E-state index is 0.00145. The Morgan fingerprint density at radius 1 is 1.15 bits per heavy atom. The molecule has 1 unspecified atom stereocenters. The number of carbonyl (C=O) groups excluding carboxylic acids is 1. The number of rotatable bonds is 7. The van der Waals surface area contributed by atoms with E-state index in [2.05, 4.69) is 25.4 Å². The van der Waals surface area contributed by atoms with Crippen LogP contribution in [0.15, 0.2) is 54.9 Å². The number of benzene rings is 1. The third kappa shape index (κ3) is 4.94. The third-order valence-corrected chi connectivity index (χ3v) is 4.59. The highest BCUT2D eigenvalue weighted by atomic mass is 19.4. The van der Waals surface area contributed by atoms with Crippen molar-refractivity contribution in [2.45, 2.75) is 12.3 Å². The van der Waals surface area contributed by atoms with E-state index in [0.717, 1.165) is 10.6 Å². The number of imidazole rings is 1. The van der Waals surface area contributed by atoms with Crippen LogP contribution in [-0.2, 0) is 6.18 Å². The summed E-state index contributed by atoms with van der Waals surface area (Å²) >= 11 is 0. The molecule has 176 valence electrons. The van der Waals surface area contributed by atoms with Gasteiger partial charge in [0.15, 0.2) is 11.3 Å². The van der Waals surface area contributed by atoms with Gasteiger partial charge in [-0.05, 0) is 18.2 Å². The molecule has 1 aromatic carbocycles. The number of carbonyl (C=O) groups is 1. The number of aliphatic hydroxyl groups is 2. The number of fused-ring (bicyclic) bond motifs is 1. The Kier molecular flexibility index (Phi) is 6.38. The number of nitrogens with one attached hydrogen (secondary N) is 1. The number of anilines is 1. The molecule has 3 heterocycles. The summed E-state index contributed by atoms with van der Waals surface area (Å²) in [5.74, 6) is -0.802. The van der Waals surface area contributed by atoms with Gasteiger partial charge in [0.1, 0.15) is 12.7 Å². The van der Waals surface area contributed by atoms with Gasteiger partial charge in [0.25, 0.3) is 5.91 Å². The molecule has 0 aliphatic rings. The first-order chi connectivity index (χ1) is 16.3. The molecular weight excluding hydrogens is 457 g/mol.